The highest BCUT2D eigenvalue weighted by atomic mass is 32.2. The van der Waals surface area contributed by atoms with E-state index in [2.05, 4.69) is 325 Å². The van der Waals surface area contributed by atoms with Crippen LogP contribution >= 0.6 is 10.9 Å². The number of hydrogen-bond acceptors (Lipinski definition) is 7. The fourth-order valence-corrected chi connectivity index (χ4v) is 19.0. The van der Waals surface area contributed by atoms with Gasteiger partial charge in [-0.25, -0.2) is 29.9 Å². The number of furan rings is 1. The predicted octanol–water partition coefficient (Wildman–Crippen LogP) is 25.3. The van der Waals surface area contributed by atoms with Crippen molar-refractivity contribution in [1.82, 2.24) is 39.0 Å². The molecule has 9 nitrogen and oxygen atoms in total. The van der Waals surface area contributed by atoms with E-state index in [0.29, 0.717) is 34.9 Å². The number of rotatable bonds is 11. The van der Waals surface area contributed by atoms with Crippen LogP contribution in [0.2, 0.25) is 0 Å². The first kappa shape index (κ1) is 61.3. The van der Waals surface area contributed by atoms with Crippen molar-refractivity contribution < 1.29 is 4.42 Å². The molecule has 1 unspecified atom stereocenters. The zero-order valence-corrected chi connectivity index (χ0v) is 58.9. The van der Waals surface area contributed by atoms with Crippen LogP contribution in [0.3, 0.4) is 0 Å². The van der Waals surface area contributed by atoms with Gasteiger partial charge in [-0.15, -0.1) is 0 Å². The molecule has 22 rings (SSSR count). The Kier molecular flexibility index (Phi) is 14.0. The summed E-state index contributed by atoms with van der Waals surface area (Å²) in [4.78, 5) is 35.7. The van der Waals surface area contributed by atoms with Crippen molar-refractivity contribution in [3.63, 3.8) is 0 Å². The van der Waals surface area contributed by atoms with Gasteiger partial charge in [0.1, 0.15) is 11.2 Å². The summed E-state index contributed by atoms with van der Waals surface area (Å²) in [6.45, 7) is 0. The summed E-state index contributed by atoms with van der Waals surface area (Å²) < 4.78 is 11.2. The van der Waals surface area contributed by atoms with E-state index in [0.717, 1.165) is 111 Å². The van der Waals surface area contributed by atoms with Crippen LogP contribution in [0.4, 0.5) is 0 Å². The van der Waals surface area contributed by atoms with Crippen LogP contribution in [0.25, 0.3) is 200 Å². The number of aromatic nitrogens is 8. The third kappa shape index (κ3) is 10.2. The molecule has 21 aromatic rings. The molecule has 108 heavy (non-hydrogen) atoms. The lowest BCUT2D eigenvalue weighted by molar-refractivity contribution is 0.669. The van der Waals surface area contributed by atoms with E-state index in [9.17, 15) is 0 Å². The van der Waals surface area contributed by atoms with Gasteiger partial charge < -0.3 is 13.6 Å². The van der Waals surface area contributed by atoms with Crippen molar-refractivity contribution in [1.29, 1.82) is 0 Å². The molecule has 0 radical (unpaired) electrons. The molecular weight excluding hydrogens is 1340 g/mol. The summed E-state index contributed by atoms with van der Waals surface area (Å²) in [6.07, 6.45) is 0. The van der Waals surface area contributed by atoms with E-state index in [1.54, 1.807) is 0 Å². The maximum absolute atomic E-state index is 6.39. The quantitative estimate of drug-likeness (QED) is 0.129. The van der Waals surface area contributed by atoms with Gasteiger partial charge in [-0.05, 0) is 187 Å². The average molecular weight is 1400 g/mol. The number of thiol groups is 1. The Balaban J connectivity index is 0.626. The van der Waals surface area contributed by atoms with Gasteiger partial charge in [0.05, 0.1) is 22.1 Å². The standard InChI is InChI=1S/C98H60N8OS/c1-3-18-60(19-4-1)62-34-38-64(39-35-62)93-99-94(66-42-48-73(49-43-66)105-84-29-13-9-24-76(84)81-55-68-22-7-8-23-69(68)58-86(81)105)102-97(101-93)71-47-53-91-83(57-71)78-26-12-16-33-90(78)108(91)75-52-46-70-56-82-77-25-10-14-30-85(77)106(87(82)59-72(70)54-75)74-50-44-67(45-51-74)96-100-95(65-40-36-63(37-41-65)61-20-5-2-6-21-61)103-98(104-96)80-28-17-32-89-92(80)79-27-11-15-31-88(79)107-89/h1-59,108H. The molecule has 1 atom stereocenters. The van der Waals surface area contributed by atoms with Crippen LogP contribution in [0.15, 0.2) is 377 Å². The highest BCUT2D eigenvalue weighted by Gasteiger charge is 2.29. The van der Waals surface area contributed by atoms with Crippen LogP contribution in [0.5, 0.6) is 0 Å². The fraction of sp³-hybridized carbons (Fsp3) is 0. The van der Waals surface area contributed by atoms with Crippen LogP contribution in [0, 0.1) is 0 Å². The topological polar surface area (TPSA) is 100 Å². The fourth-order valence-electron chi connectivity index (χ4n) is 16.3. The van der Waals surface area contributed by atoms with E-state index >= 15 is 0 Å². The van der Waals surface area contributed by atoms with Gasteiger partial charge in [0.15, 0.2) is 34.9 Å². The minimum Gasteiger partial charge on any atom is -0.456 e. The molecule has 0 fully saturated rings. The van der Waals surface area contributed by atoms with Crippen molar-refractivity contribution in [3.8, 4) is 113 Å². The van der Waals surface area contributed by atoms with Gasteiger partial charge in [0, 0.05) is 86.9 Å². The van der Waals surface area contributed by atoms with Gasteiger partial charge in [0.25, 0.3) is 0 Å². The first-order chi connectivity index (χ1) is 53.5. The Hall–Kier alpha value is -14.2. The lowest BCUT2D eigenvalue weighted by atomic mass is 10.0. The van der Waals surface area contributed by atoms with Crippen LogP contribution < -0.4 is 0 Å². The zero-order chi connectivity index (χ0) is 70.9. The minimum atomic E-state index is -0.968. The first-order valence-electron chi connectivity index (χ1n) is 36.4. The van der Waals surface area contributed by atoms with E-state index in [-0.39, 0.29) is 0 Å². The molecule has 5 aromatic heterocycles. The molecule has 1 aliphatic rings. The lowest BCUT2D eigenvalue weighted by Gasteiger charge is -2.20. The normalized spacial score (nSPS) is 13.1. The second-order valence-electron chi connectivity index (χ2n) is 27.8. The SMILES string of the molecule is c1ccc(-c2ccc(-c3nc(-c4ccc(-n5c6ccccc6c6cc7ccccc7cc65)cc4)nc(-c4ccc5c(c4)-c4ccccc4[SH]5c4ccc5cc6c7ccccc7n(-c7ccc(-c8nc(-c9ccc(-c%10ccccc%10)cc9)nc(-c9cccc%10oc%11ccccc%11c9%10)n8)cc7)c6cc5c4)n3)cc2)cc1. The summed E-state index contributed by atoms with van der Waals surface area (Å²) in [5, 5.41) is 11.6. The van der Waals surface area contributed by atoms with Crippen LogP contribution in [0.1, 0.15) is 0 Å². The Morgan fingerprint density at radius 1 is 0.222 bits per heavy atom. The molecule has 0 N–H and O–H groups in total. The number of fused-ring (bicyclic) bond motifs is 14. The average Bonchev–Trinajstić information content (AvgIpc) is 1.59. The second kappa shape index (κ2) is 24.7. The number of benzene rings is 16. The molecular formula is C98H60N8OS. The van der Waals surface area contributed by atoms with Crippen molar-refractivity contribution in [2.24, 2.45) is 0 Å². The Morgan fingerprint density at radius 2 is 0.630 bits per heavy atom. The predicted molar refractivity (Wildman–Crippen MR) is 443 cm³/mol. The number of nitrogens with zero attached hydrogens (tertiary/aromatic N) is 8. The van der Waals surface area contributed by atoms with Gasteiger partial charge in [-0.3, -0.25) is 0 Å². The molecule has 0 saturated heterocycles. The van der Waals surface area contributed by atoms with Crippen molar-refractivity contribution in [2.75, 3.05) is 0 Å². The summed E-state index contributed by atoms with van der Waals surface area (Å²) in [5.74, 6) is 3.55. The van der Waals surface area contributed by atoms with Crippen LogP contribution in [-0.4, -0.2) is 39.0 Å². The lowest BCUT2D eigenvalue weighted by Crippen LogP contribution is -2.01. The molecule has 10 heteroatoms. The molecule has 0 aliphatic carbocycles. The molecule has 0 saturated carbocycles. The molecule has 6 heterocycles. The Bertz CT molecular complexity index is 7210. The minimum absolute atomic E-state index is 0.571. The van der Waals surface area contributed by atoms with E-state index in [1.807, 2.05) is 42.5 Å². The Morgan fingerprint density at radius 3 is 1.21 bits per heavy atom. The highest BCUT2D eigenvalue weighted by Crippen LogP contribution is 2.63. The van der Waals surface area contributed by atoms with E-state index < -0.39 is 10.9 Å². The van der Waals surface area contributed by atoms with Gasteiger partial charge in [-0.2, -0.15) is 10.9 Å². The van der Waals surface area contributed by atoms with Crippen molar-refractivity contribution in [2.45, 2.75) is 14.7 Å². The maximum Gasteiger partial charge on any atom is 0.164 e. The van der Waals surface area contributed by atoms with Gasteiger partial charge in [0.2, 0.25) is 0 Å². The molecule has 0 amide bonds. The summed E-state index contributed by atoms with van der Waals surface area (Å²) in [5.41, 5.74) is 20.6. The summed E-state index contributed by atoms with van der Waals surface area (Å²) in [7, 11) is -0.968. The summed E-state index contributed by atoms with van der Waals surface area (Å²) in [6, 6.07) is 128. The van der Waals surface area contributed by atoms with Gasteiger partial charge >= 0.3 is 0 Å². The van der Waals surface area contributed by atoms with Crippen molar-refractivity contribution in [3.05, 3.63) is 358 Å². The maximum atomic E-state index is 6.39. The molecule has 0 bridgehead atoms. The van der Waals surface area contributed by atoms with E-state index in [4.69, 9.17) is 34.3 Å². The van der Waals surface area contributed by atoms with Gasteiger partial charge in [-0.1, -0.05) is 231 Å². The van der Waals surface area contributed by atoms with Crippen molar-refractivity contribution >= 4 is 98.0 Å². The van der Waals surface area contributed by atoms with E-state index in [1.165, 1.54) is 68.9 Å². The third-order valence-corrected chi connectivity index (χ3v) is 24.1. The Labute approximate surface area is 623 Å². The van der Waals surface area contributed by atoms with Crippen LogP contribution in [-0.2, 0) is 0 Å². The molecule has 1 aliphatic heterocycles. The first-order valence-corrected chi connectivity index (χ1v) is 37.7. The zero-order valence-electron chi connectivity index (χ0n) is 58.0. The summed E-state index contributed by atoms with van der Waals surface area (Å²) >= 11 is 0. The second-order valence-corrected chi connectivity index (χ2v) is 29.9. The molecule has 16 aromatic carbocycles. The molecule has 504 valence electrons. The highest BCUT2D eigenvalue weighted by molar-refractivity contribution is 8.17. The number of hydrogen-bond donors (Lipinski definition) is 1. The smallest absolute Gasteiger partial charge is 0.164 e. The molecule has 0 spiro atoms. The third-order valence-electron chi connectivity index (χ3n) is 21.5. The number of para-hydroxylation sites is 3. The largest absolute Gasteiger partial charge is 0.456 e. The monoisotopic (exact) mass is 1400 g/mol.